The van der Waals surface area contributed by atoms with Crippen LogP contribution in [0.3, 0.4) is 0 Å². The van der Waals surface area contributed by atoms with Crippen molar-refractivity contribution in [2.24, 2.45) is 0 Å². The number of ether oxygens (including phenoxy) is 1. The van der Waals surface area contributed by atoms with Gasteiger partial charge in [-0.15, -0.1) is 0 Å². The Morgan fingerprint density at radius 3 is 2.58 bits per heavy atom. The van der Waals surface area contributed by atoms with Crippen molar-refractivity contribution in [2.45, 2.75) is 25.3 Å². The lowest BCUT2D eigenvalue weighted by Crippen LogP contribution is -2.17. The summed E-state index contributed by atoms with van der Waals surface area (Å²) in [6, 6.07) is 8.30. The minimum atomic E-state index is -2.80. The summed E-state index contributed by atoms with van der Waals surface area (Å²) in [7, 11) is 1.55. The van der Waals surface area contributed by atoms with E-state index >= 15 is 0 Å². The number of H-pyrrole nitrogens is 1. The van der Waals surface area contributed by atoms with E-state index in [2.05, 4.69) is 9.97 Å². The van der Waals surface area contributed by atoms with E-state index < -0.39 is 12.0 Å². The van der Waals surface area contributed by atoms with Crippen molar-refractivity contribution >= 4 is 23.3 Å². The van der Waals surface area contributed by atoms with Gasteiger partial charge in [-0.25, -0.2) is 13.8 Å². The highest BCUT2D eigenvalue weighted by molar-refractivity contribution is 7.71. The zero-order chi connectivity index (χ0) is 18.4. The number of nitrogens with zero attached hydrogens (tertiary/aromatic N) is 2. The Bertz CT molecular complexity index is 1100. The first kappa shape index (κ1) is 16.8. The van der Waals surface area contributed by atoms with E-state index in [0.717, 1.165) is 12.8 Å². The molecule has 1 aromatic carbocycles. The minimum Gasteiger partial charge on any atom is -0.497 e. The molecule has 0 spiro atoms. The van der Waals surface area contributed by atoms with Gasteiger partial charge in [0.15, 0.2) is 4.77 Å². The van der Waals surface area contributed by atoms with Crippen LogP contribution in [-0.4, -0.2) is 21.6 Å². The van der Waals surface area contributed by atoms with Gasteiger partial charge in [-0.2, -0.15) is 0 Å². The first-order valence-corrected chi connectivity index (χ1v) is 8.52. The zero-order valence-corrected chi connectivity index (χ0v) is 14.6. The van der Waals surface area contributed by atoms with E-state index in [-0.39, 0.29) is 27.4 Å². The van der Waals surface area contributed by atoms with E-state index in [1.807, 2.05) is 0 Å². The predicted octanol–water partition coefficient (Wildman–Crippen LogP) is 4.40. The molecule has 4 rings (SSSR count). The quantitative estimate of drug-likeness (QED) is 0.687. The van der Waals surface area contributed by atoms with E-state index in [9.17, 15) is 13.6 Å². The lowest BCUT2D eigenvalue weighted by atomic mass is 10.1. The SMILES string of the molecule is COc1ccc(-c2cc(C(F)F)c3c(=O)[nH]c(=S)n(C4CC4)c3n2)cc1. The molecule has 5 nitrogen and oxygen atoms in total. The first-order chi connectivity index (χ1) is 12.5. The van der Waals surface area contributed by atoms with Crippen molar-refractivity contribution in [1.82, 2.24) is 14.5 Å². The van der Waals surface area contributed by atoms with Crippen molar-refractivity contribution in [3.05, 3.63) is 51.0 Å². The minimum absolute atomic E-state index is 0.0889. The maximum atomic E-state index is 13.7. The maximum Gasteiger partial charge on any atom is 0.264 e. The van der Waals surface area contributed by atoms with E-state index in [1.165, 1.54) is 6.07 Å². The summed E-state index contributed by atoms with van der Waals surface area (Å²) in [4.78, 5) is 19.4. The van der Waals surface area contributed by atoms with Crippen LogP contribution in [0.15, 0.2) is 35.1 Å². The highest BCUT2D eigenvalue weighted by Gasteiger charge is 2.28. The summed E-state index contributed by atoms with van der Waals surface area (Å²) in [5.74, 6) is 0.654. The Hall–Kier alpha value is -2.61. The highest BCUT2D eigenvalue weighted by atomic mass is 32.1. The molecule has 1 aliphatic rings. The van der Waals surface area contributed by atoms with E-state index in [0.29, 0.717) is 17.0 Å². The average molecular weight is 375 g/mol. The lowest BCUT2D eigenvalue weighted by Gasteiger charge is -2.14. The number of fused-ring (bicyclic) bond motifs is 1. The molecule has 2 aromatic heterocycles. The van der Waals surface area contributed by atoms with Gasteiger partial charge in [0.1, 0.15) is 11.4 Å². The molecule has 3 aromatic rings. The molecular formula is C18H15F2N3O2S. The fraction of sp³-hybridized carbons (Fsp3) is 0.278. The monoisotopic (exact) mass is 375 g/mol. The summed E-state index contributed by atoms with van der Waals surface area (Å²) >= 11 is 5.25. The van der Waals surface area contributed by atoms with Crippen LogP contribution in [0, 0.1) is 4.77 Å². The molecule has 0 unspecified atom stereocenters. The maximum absolute atomic E-state index is 13.7. The van der Waals surface area contributed by atoms with Gasteiger partial charge in [-0.05, 0) is 55.4 Å². The topological polar surface area (TPSA) is 59.9 Å². The van der Waals surface area contributed by atoms with Crippen molar-refractivity contribution < 1.29 is 13.5 Å². The second-order valence-electron chi connectivity index (χ2n) is 6.18. The molecule has 0 aliphatic heterocycles. The first-order valence-electron chi connectivity index (χ1n) is 8.11. The molecule has 1 saturated carbocycles. The van der Waals surface area contributed by atoms with Gasteiger partial charge in [-0.1, -0.05) is 0 Å². The molecule has 0 amide bonds. The Kier molecular flexibility index (Phi) is 4.07. The Labute approximate surface area is 152 Å². The van der Waals surface area contributed by atoms with Gasteiger partial charge in [0, 0.05) is 17.2 Å². The second kappa shape index (κ2) is 6.28. The average Bonchev–Trinajstić information content (AvgIpc) is 3.45. The Balaban J connectivity index is 2.04. The molecular weight excluding hydrogens is 360 g/mol. The number of aromatic nitrogens is 3. The fourth-order valence-corrected chi connectivity index (χ4v) is 3.36. The Morgan fingerprint density at radius 2 is 2.00 bits per heavy atom. The van der Waals surface area contributed by atoms with Crippen LogP contribution in [0.4, 0.5) is 8.78 Å². The van der Waals surface area contributed by atoms with Crippen LogP contribution < -0.4 is 10.3 Å². The summed E-state index contributed by atoms with van der Waals surface area (Å²) < 4.78 is 34.4. The molecule has 8 heteroatoms. The van der Waals surface area contributed by atoms with Gasteiger partial charge >= 0.3 is 0 Å². The third-order valence-electron chi connectivity index (χ3n) is 4.46. The standard InChI is InChI=1S/C18H15F2N3O2S/c1-25-11-6-2-9(3-7-11)13-8-12(15(19)20)14-16(21-13)23(10-4-5-10)18(26)22-17(14)24/h2-3,6-8,10,15H,4-5H2,1H3,(H,22,24,26). The molecule has 26 heavy (non-hydrogen) atoms. The molecule has 2 heterocycles. The number of alkyl halides is 2. The van der Waals surface area contributed by atoms with Crippen molar-refractivity contribution in [3.63, 3.8) is 0 Å². The van der Waals surface area contributed by atoms with Crippen molar-refractivity contribution in [1.29, 1.82) is 0 Å². The van der Waals surface area contributed by atoms with Crippen LogP contribution in [0.5, 0.6) is 5.75 Å². The van der Waals surface area contributed by atoms with Crippen LogP contribution in [0.2, 0.25) is 0 Å². The number of nitrogens with one attached hydrogen (secondary N) is 1. The van der Waals surface area contributed by atoms with Crippen LogP contribution in [0.1, 0.15) is 30.9 Å². The summed E-state index contributed by atoms with van der Waals surface area (Å²) in [5, 5.41) is -0.0993. The van der Waals surface area contributed by atoms with Crippen molar-refractivity contribution in [3.8, 4) is 17.0 Å². The van der Waals surface area contributed by atoms with E-state index in [1.54, 1.807) is 35.9 Å². The smallest absolute Gasteiger partial charge is 0.264 e. The predicted molar refractivity (Wildman–Crippen MR) is 96.4 cm³/mol. The van der Waals surface area contributed by atoms with Gasteiger partial charge < -0.3 is 4.74 Å². The van der Waals surface area contributed by atoms with Crippen LogP contribution >= 0.6 is 12.2 Å². The number of rotatable bonds is 4. The number of pyridine rings is 1. The number of aromatic amines is 1. The number of benzene rings is 1. The third-order valence-corrected chi connectivity index (χ3v) is 4.76. The number of hydrogen-bond donors (Lipinski definition) is 1. The summed E-state index contributed by atoms with van der Waals surface area (Å²) in [6.07, 6.45) is -1.04. The highest BCUT2D eigenvalue weighted by Crippen LogP contribution is 2.38. The molecule has 0 atom stereocenters. The lowest BCUT2D eigenvalue weighted by molar-refractivity contribution is 0.153. The van der Waals surface area contributed by atoms with E-state index in [4.69, 9.17) is 17.0 Å². The largest absolute Gasteiger partial charge is 0.497 e. The molecule has 0 saturated heterocycles. The molecule has 0 radical (unpaired) electrons. The van der Waals surface area contributed by atoms with Gasteiger partial charge in [0.2, 0.25) is 0 Å². The van der Waals surface area contributed by atoms with Gasteiger partial charge in [0.05, 0.1) is 18.2 Å². The van der Waals surface area contributed by atoms with Gasteiger partial charge in [0.25, 0.3) is 12.0 Å². The number of halogens is 2. The molecule has 134 valence electrons. The van der Waals surface area contributed by atoms with Gasteiger partial charge in [-0.3, -0.25) is 14.3 Å². The second-order valence-corrected chi connectivity index (χ2v) is 6.57. The summed E-state index contributed by atoms with van der Waals surface area (Å²) in [6.45, 7) is 0. The fourth-order valence-electron chi connectivity index (χ4n) is 3.03. The van der Waals surface area contributed by atoms with Crippen LogP contribution in [0.25, 0.3) is 22.3 Å². The molecule has 0 bridgehead atoms. The summed E-state index contributed by atoms with van der Waals surface area (Å²) in [5.41, 5.74) is 0.260. The van der Waals surface area contributed by atoms with Crippen LogP contribution in [-0.2, 0) is 0 Å². The normalized spacial score (nSPS) is 14.2. The zero-order valence-electron chi connectivity index (χ0n) is 13.8. The number of methoxy groups -OCH3 is 1. The number of hydrogen-bond acceptors (Lipinski definition) is 4. The molecule has 1 fully saturated rings. The Morgan fingerprint density at radius 1 is 1.31 bits per heavy atom. The molecule has 1 N–H and O–H groups in total. The molecule has 1 aliphatic carbocycles. The third kappa shape index (κ3) is 2.80. The van der Waals surface area contributed by atoms with Crippen molar-refractivity contribution in [2.75, 3.05) is 7.11 Å².